The van der Waals surface area contributed by atoms with E-state index in [1.165, 1.54) is 0 Å². The second kappa shape index (κ2) is 5.36. The van der Waals surface area contributed by atoms with Crippen LogP contribution in [0.5, 0.6) is 0 Å². The lowest BCUT2D eigenvalue weighted by Gasteiger charge is -2.31. The molecule has 1 aromatic rings. The van der Waals surface area contributed by atoms with Crippen molar-refractivity contribution in [3.63, 3.8) is 0 Å². The first-order chi connectivity index (χ1) is 8.24. The van der Waals surface area contributed by atoms with Gasteiger partial charge in [-0.2, -0.15) is 0 Å². The molecule has 2 heterocycles. The Labute approximate surface area is 103 Å². The predicted octanol–water partition coefficient (Wildman–Crippen LogP) is 1.56. The molecule has 1 aliphatic heterocycles. The number of piperidine rings is 1. The van der Waals surface area contributed by atoms with Gasteiger partial charge in [-0.05, 0) is 19.3 Å². The van der Waals surface area contributed by atoms with Crippen LogP contribution < -0.4 is 10.6 Å². The molecule has 0 spiro atoms. The van der Waals surface area contributed by atoms with Gasteiger partial charge in [-0.15, -0.1) is 6.58 Å². The van der Waals surface area contributed by atoms with Gasteiger partial charge < -0.3 is 15.2 Å². The Morgan fingerprint density at radius 1 is 1.53 bits per heavy atom. The summed E-state index contributed by atoms with van der Waals surface area (Å²) >= 11 is 0. The summed E-state index contributed by atoms with van der Waals surface area (Å²) < 4.78 is 2.18. The number of anilines is 1. The van der Waals surface area contributed by atoms with E-state index in [1.54, 1.807) is 0 Å². The van der Waals surface area contributed by atoms with Gasteiger partial charge in [0.15, 0.2) is 0 Å². The van der Waals surface area contributed by atoms with Crippen LogP contribution in [0.3, 0.4) is 0 Å². The summed E-state index contributed by atoms with van der Waals surface area (Å²) in [5, 5.41) is 0. The van der Waals surface area contributed by atoms with Crippen LogP contribution in [0.4, 0.5) is 5.95 Å². The van der Waals surface area contributed by atoms with E-state index >= 15 is 0 Å². The van der Waals surface area contributed by atoms with Gasteiger partial charge >= 0.3 is 0 Å². The fraction of sp³-hybridized carbons (Fsp3) is 0.615. The Morgan fingerprint density at radius 2 is 2.24 bits per heavy atom. The fourth-order valence-electron chi connectivity index (χ4n) is 2.25. The van der Waals surface area contributed by atoms with Gasteiger partial charge in [0.25, 0.3) is 0 Å². The lowest BCUT2D eigenvalue weighted by molar-refractivity contribution is 0.491. The average molecular weight is 234 g/mol. The van der Waals surface area contributed by atoms with Gasteiger partial charge in [0.2, 0.25) is 5.95 Å². The van der Waals surface area contributed by atoms with Crippen molar-refractivity contribution in [2.75, 3.05) is 18.0 Å². The molecule has 0 amide bonds. The maximum Gasteiger partial charge on any atom is 0.206 e. The molecule has 2 rings (SSSR count). The lowest BCUT2D eigenvalue weighted by Crippen LogP contribution is -2.40. The third-order valence-corrected chi connectivity index (χ3v) is 3.32. The Morgan fingerprint density at radius 3 is 2.82 bits per heavy atom. The molecule has 0 unspecified atom stereocenters. The molecule has 1 fully saturated rings. The van der Waals surface area contributed by atoms with Crippen molar-refractivity contribution in [3.8, 4) is 0 Å². The molecule has 0 radical (unpaired) electrons. The molecular formula is C13H22N4. The lowest BCUT2D eigenvalue weighted by atomic mass is 10.1. The fourth-order valence-corrected chi connectivity index (χ4v) is 2.25. The number of rotatable bonds is 4. The van der Waals surface area contributed by atoms with E-state index in [9.17, 15) is 0 Å². The molecule has 0 saturated carbocycles. The minimum Gasteiger partial charge on any atom is -0.342 e. The van der Waals surface area contributed by atoms with Crippen LogP contribution in [0.25, 0.3) is 0 Å². The Balaban J connectivity index is 2.17. The van der Waals surface area contributed by atoms with E-state index in [0.717, 1.165) is 50.5 Å². The van der Waals surface area contributed by atoms with Crippen molar-refractivity contribution in [2.45, 2.75) is 38.8 Å². The molecule has 17 heavy (non-hydrogen) atoms. The standard InChI is InChI=1S/C13H22N4/c1-3-7-17-10-12(4-2)15-13(17)16-8-5-11(14)6-9-16/h3,10-11H,1,4-9,14H2,2H3. The smallest absolute Gasteiger partial charge is 0.206 e. The van der Waals surface area contributed by atoms with Gasteiger partial charge in [0.1, 0.15) is 0 Å². The zero-order valence-corrected chi connectivity index (χ0v) is 10.6. The first kappa shape index (κ1) is 12.2. The van der Waals surface area contributed by atoms with Crippen LogP contribution in [-0.4, -0.2) is 28.7 Å². The summed E-state index contributed by atoms with van der Waals surface area (Å²) in [6, 6.07) is 0.361. The number of allylic oxidation sites excluding steroid dienone is 1. The van der Waals surface area contributed by atoms with Crippen molar-refractivity contribution in [1.29, 1.82) is 0 Å². The minimum absolute atomic E-state index is 0.361. The summed E-state index contributed by atoms with van der Waals surface area (Å²) in [5.41, 5.74) is 7.08. The summed E-state index contributed by atoms with van der Waals surface area (Å²) in [6.07, 6.45) is 7.14. The first-order valence-electron chi connectivity index (χ1n) is 6.42. The molecule has 94 valence electrons. The molecule has 4 nitrogen and oxygen atoms in total. The highest BCUT2D eigenvalue weighted by atomic mass is 15.3. The number of nitrogens with two attached hydrogens (primary N) is 1. The van der Waals surface area contributed by atoms with Crippen molar-refractivity contribution in [3.05, 3.63) is 24.5 Å². The number of hydrogen-bond acceptors (Lipinski definition) is 3. The van der Waals surface area contributed by atoms with Crippen LogP contribution in [0, 0.1) is 0 Å². The normalized spacial score (nSPS) is 17.4. The van der Waals surface area contributed by atoms with Crippen LogP contribution in [-0.2, 0) is 13.0 Å². The molecule has 0 aromatic carbocycles. The van der Waals surface area contributed by atoms with Gasteiger partial charge in [-0.25, -0.2) is 4.98 Å². The minimum atomic E-state index is 0.361. The van der Waals surface area contributed by atoms with Crippen LogP contribution in [0.15, 0.2) is 18.9 Å². The molecule has 0 atom stereocenters. The van der Waals surface area contributed by atoms with Crippen LogP contribution >= 0.6 is 0 Å². The molecule has 0 bridgehead atoms. The van der Waals surface area contributed by atoms with E-state index in [0.29, 0.717) is 6.04 Å². The summed E-state index contributed by atoms with van der Waals surface area (Å²) in [6.45, 7) is 8.79. The SMILES string of the molecule is C=CCn1cc(CC)nc1N1CCC(N)CC1. The maximum absolute atomic E-state index is 5.93. The van der Waals surface area contributed by atoms with Crippen molar-refractivity contribution < 1.29 is 0 Å². The van der Waals surface area contributed by atoms with E-state index in [2.05, 4.69) is 29.2 Å². The summed E-state index contributed by atoms with van der Waals surface area (Å²) in [4.78, 5) is 7.04. The predicted molar refractivity (Wildman–Crippen MR) is 71.2 cm³/mol. The Kier molecular flexibility index (Phi) is 3.84. The second-order valence-electron chi connectivity index (χ2n) is 4.65. The van der Waals surface area contributed by atoms with E-state index in [1.807, 2.05) is 6.08 Å². The third kappa shape index (κ3) is 2.69. The Hall–Kier alpha value is -1.29. The molecular weight excluding hydrogens is 212 g/mol. The Bertz CT molecular complexity index is 375. The molecule has 2 N–H and O–H groups in total. The molecule has 1 aliphatic rings. The van der Waals surface area contributed by atoms with Gasteiger partial charge in [-0.1, -0.05) is 13.0 Å². The topological polar surface area (TPSA) is 47.1 Å². The number of imidazole rings is 1. The average Bonchev–Trinajstić information content (AvgIpc) is 2.74. The van der Waals surface area contributed by atoms with Crippen LogP contribution in [0.2, 0.25) is 0 Å². The quantitative estimate of drug-likeness (QED) is 0.804. The van der Waals surface area contributed by atoms with Gasteiger partial charge in [-0.3, -0.25) is 0 Å². The highest BCUT2D eigenvalue weighted by molar-refractivity contribution is 5.34. The van der Waals surface area contributed by atoms with E-state index < -0.39 is 0 Å². The van der Waals surface area contributed by atoms with Crippen molar-refractivity contribution in [1.82, 2.24) is 9.55 Å². The number of nitrogens with zero attached hydrogens (tertiary/aromatic N) is 3. The second-order valence-corrected chi connectivity index (χ2v) is 4.65. The molecule has 1 aromatic heterocycles. The molecule has 1 saturated heterocycles. The zero-order valence-electron chi connectivity index (χ0n) is 10.6. The number of aromatic nitrogens is 2. The third-order valence-electron chi connectivity index (χ3n) is 3.32. The van der Waals surface area contributed by atoms with Gasteiger partial charge in [0.05, 0.1) is 5.69 Å². The molecule has 0 aliphatic carbocycles. The zero-order chi connectivity index (χ0) is 12.3. The largest absolute Gasteiger partial charge is 0.342 e. The summed E-state index contributed by atoms with van der Waals surface area (Å²) in [5.74, 6) is 1.08. The van der Waals surface area contributed by atoms with Crippen molar-refractivity contribution >= 4 is 5.95 Å². The van der Waals surface area contributed by atoms with E-state index in [4.69, 9.17) is 10.7 Å². The summed E-state index contributed by atoms with van der Waals surface area (Å²) in [7, 11) is 0. The van der Waals surface area contributed by atoms with E-state index in [-0.39, 0.29) is 0 Å². The monoisotopic (exact) mass is 234 g/mol. The number of hydrogen-bond donors (Lipinski definition) is 1. The van der Waals surface area contributed by atoms with Gasteiger partial charge in [0, 0.05) is 31.9 Å². The first-order valence-corrected chi connectivity index (χ1v) is 6.42. The highest BCUT2D eigenvalue weighted by Crippen LogP contribution is 2.19. The van der Waals surface area contributed by atoms with Crippen molar-refractivity contribution in [2.24, 2.45) is 5.73 Å². The molecule has 4 heteroatoms. The van der Waals surface area contributed by atoms with Crippen LogP contribution in [0.1, 0.15) is 25.5 Å². The highest BCUT2D eigenvalue weighted by Gasteiger charge is 2.20. The maximum atomic E-state index is 5.93. The number of aryl methyl sites for hydroxylation is 1.